The van der Waals surface area contributed by atoms with Crippen LogP contribution >= 0.6 is 0 Å². The first kappa shape index (κ1) is 21.8. The Morgan fingerprint density at radius 1 is 1.00 bits per heavy atom. The molecule has 0 spiro atoms. The van der Waals surface area contributed by atoms with Gasteiger partial charge >= 0.3 is 11.9 Å². The molecule has 2 atom stereocenters. The highest BCUT2D eigenvalue weighted by molar-refractivity contribution is 5.87. The van der Waals surface area contributed by atoms with Crippen molar-refractivity contribution >= 4 is 17.5 Å². The van der Waals surface area contributed by atoms with Crippen molar-refractivity contribution in [1.82, 2.24) is 0 Å². The SMILES string of the molecule is CC(C)(C)C1CC=C(c2ccc(C(Cc3ccc(C(=O)O)cc3)C(=O)O)cc2)CC1. The number of hydrogen-bond donors (Lipinski definition) is 2. The van der Waals surface area contributed by atoms with Crippen LogP contribution in [0.2, 0.25) is 0 Å². The molecule has 0 heterocycles. The third kappa shape index (κ3) is 5.18. The fourth-order valence-electron chi connectivity index (χ4n) is 4.18. The summed E-state index contributed by atoms with van der Waals surface area (Å²) in [6.07, 6.45) is 5.99. The quantitative estimate of drug-likeness (QED) is 0.615. The van der Waals surface area contributed by atoms with Crippen molar-refractivity contribution in [3.63, 3.8) is 0 Å². The number of benzene rings is 2. The average Bonchev–Trinajstić information content (AvgIpc) is 2.72. The molecule has 158 valence electrons. The second-order valence-corrected chi connectivity index (χ2v) is 9.29. The zero-order valence-electron chi connectivity index (χ0n) is 17.9. The number of carboxylic acid groups (broad SMARTS) is 2. The third-order valence-electron chi connectivity index (χ3n) is 6.26. The molecule has 2 N–H and O–H groups in total. The molecule has 1 aliphatic carbocycles. The van der Waals surface area contributed by atoms with Crippen molar-refractivity contribution < 1.29 is 19.8 Å². The summed E-state index contributed by atoms with van der Waals surface area (Å²) >= 11 is 0. The lowest BCUT2D eigenvalue weighted by atomic mass is 9.72. The zero-order chi connectivity index (χ0) is 21.9. The summed E-state index contributed by atoms with van der Waals surface area (Å²) in [5.41, 5.74) is 4.60. The Balaban J connectivity index is 1.73. The summed E-state index contributed by atoms with van der Waals surface area (Å²) in [5.74, 6) is -1.84. The van der Waals surface area contributed by atoms with Gasteiger partial charge in [-0.25, -0.2) is 4.79 Å². The third-order valence-corrected chi connectivity index (χ3v) is 6.26. The number of aromatic carboxylic acids is 1. The molecule has 0 radical (unpaired) electrons. The smallest absolute Gasteiger partial charge is 0.335 e. The second-order valence-electron chi connectivity index (χ2n) is 9.29. The van der Waals surface area contributed by atoms with E-state index in [1.54, 1.807) is 12.1 Å². The standard InChI is InChI=1S/C26H30O4/c1-26(2,3)22-14-12-19(13-15-22)18-8-10-20(11-9-18)23(25(29)30)16-17-4-6-21(7-5-17)24(27)28/h4-12,22-23H,13-16H2,1-3H3,(H,27,28)(H,29,30). The highest BCUT2D eigenvalue weighted by atomic mass is 16.4. The van der Waals surface area contributed by atoms with Crippen LogP contribution in [0.4, 0.5) is 0 Å². The molecule has 0 aliphatic heterocycles. The Morgan fingerprint density at radius 3 is 2.10 bits per heavy atom. The van der Waals surface area contributed by atoms with E-state index in [0.717, 1.165) is 24.0 Å². The largest absolute Gasteiger partial charge is 0.481 e. The molecule has 30 heavy (non-hydrogen) atoms. The van der Waals surface area contributed by atoms with Crippen LogP contribution in [0.5, 0.6) is 0 Å². The van der Waals surface area contributed by atoms with E-state index in [1.807, 2.05) is 24.3 Å². The number of allylic oxidation sites excluding steroid dienone is 2. The molecule has 0 saturated heterocycles. The maximum Gasteiger partial charge on any atom is 0.335 e. The Labute approximate surface area is 178 Å². The first-order chi connectivity index (χ1) is 14.1. The molecule has 4 nitrogen and oxygen atoms in total. The molecule has 0 aromatic heterocycles. The summed E-state index contributed by atoms with van der Waals surface area (Å²) in [7, 11) is 0. The van der Waals surface area contributed by atoms with Gasteiger partial charge in [0.25, 0.3) is 0 Å². The topological polar surface area (TPSA) is 74.6 Å². The van der Waals surface area contributed by atoms with Crippen molar-refractivity contribution in [2.45, 2.75) is 52.4 Å². The monoisotopic (exact) mass is 406 g/mol. The van der Waals surface area contributed by atoms with Crippen LogP contribution in [-0.4, -0.2) is 22.2 Å². The van der Waals surface area contributed by atoms with Gasteiger partial charge in [0.05, 0.1) is 11.5 Å². The minimum absolute atomic E-state index is 0.199. The fourth-order valence-corrected chi connectivity index (χ4v) is 4.18. The summed E-state index contributed by atoms with van der Waals surface area (Å²) in [5, 5.41) is 18.8. The molecule has 2 unspecified atom stereocenters. The van der Waals surface area contributed by atoms with Crippen LogP contribution < -0.4 is 0 Å². The van der Waals surface area contributed by atoms with E-state index >= 15 is 0 Å². The van der Waals surface area contributed by atoms with E-state index in [-0.39, 0.29) is 5.56 Å². The van der Waals surface area contributed by atoms with Crippen LogP contribution in [0, 0.1) is 11.3 Å². The maximum atomic E-state index is 11.9. The van der Waals surface area contributed by atoms with E-state index in [9.17, 15) is 14.7 Å². The minimum Gasteiger partial charge on any atom is -0.481 e. The van der Waals surface area contributed by atoms with Crippen LogP contribution in [0.25, 0.3) is 5.57 Å². The zero-order valence-corrected chi connectivity index (χ0v) is 17.9. The Bertz CT molecular complexity index is 930. The second kappa shape index (κ2) is 8.86. The van der Waals surface area contributed by atoms with Gasteiger partial charge in [-0.3, -0.25) is 4.79 Å². The normalized spacial score (nSPS) is 17.8. The Kier molecular flexibility index (Phi) is 6.45. The maximum absolute atomic E-state index is 11.9. The van der Waals surface area contributed by atoms with Crippen LogP contribution in [0.15, 0.2) is 54.6 Å². The Morgan fingerprint density at radius 2 is 1.63 bits per heavy atom. The summed E-state index contributed by atoms with van der Waals surface area (Å²) in [6, 6.07) is 14.3. The molecule has 0 amide bonds. The van der Waals surface area contributed by atoms with Gasteiger partial charge in [-0.2, -0.15) is 0 Å². The van der Waals surface area contributed by atoms with Gasteiger partial charge in [-0.05, 0) is 71.4 Å². The number of rotatable bonds is 6. The Hall–Kier alpha value is -2.88. The number of carbonyl (C=O) groups is 2. The van der Waals surface area contributed by atoms with E-state index in [0.29, 0.717) is 17.8 Å². The van der Waals surface area contributed by atoms with Gasteiger partial charge in [-0.15, -0.1) is 0 Å². The predicted octanol–water partition coefficient (Wildman–Crippen LogP) is 6.03. The molecule has 4 heteroatoms. The summed E-state index contributed by atoms with van der Waals surface area (Å²) < 4.78 is 0. The molecular weight excluding hydrogens is 376 g/mol. The average molecular weight is 407 g/mol. The van der Waals surface area contributed by atoms with Gasteiger partial charge in [-0.1, -0.05) is 63.2 Å². The van der Waals surface area contributed by atoms with Crippen LogP contribution in [0.3, 0.4) is 0 Å². The fraction of sp³-hybridized carbons (Fsp3) is 0.385. The van der Waals surface area contributed by atoms with Gasteiger partial charge in [0, 0.05) is 0 Å². The molecule has 2 aromatic rings. The molecule has 1 aliphatic rings. The van der Waals surface area contributed by atoms with E-state index in [1.165, 1.54) is 29.7 Å². The molecular formula is C26H30O4. The van der Waals surface area contributed by atoms with Crippen LogP contribution in [-0.2, 0) is 11.2 Å². The lowest BCUT2D eigenvalue weighted by molar-refractivity contribution is -0.138. The first-order valence-electron chi connectivity index (χ1n) is 10.5. The first-order valence-corrected chi connectivity index (χ1v) is 10.5. The predicted molar refractivity (Wildman–Crippen MR) is 119 cm³/mol. The lowest BCUT2D eigenvalue weighted by Gasteiger charge is -2.33. The van der Waals surface area contributed by atoms with Gasteiger partial charge < -0.3 is 10.2 Å². The van der Waals surface area contributed by atoms with Crippen molar-refractivity contribution in [3.05, 3.63) is 76.9 Å². The van der Waals surface area contributed by atoms with E-state index in [4.69, 9.17) is 5.11 Å². The summed E-state index contributed by atoms with van der Waals surface area (Å²) in [6.45, 7) is 6.89. The molecule has 3 rings (SSSR count). The van der Waals surface area contributed by atoms with Gasteiger partial charge in [0.2, 0.25) is 0 Å². The van der Waals surface area contributed by atoms with E-state index in [2.05, 4.69) is 26.8 Å². The highest BCUT2D eigenvalue weighted by Gasteiger charge is 2.26. The molecule has 2 aromatic carbocycles. The van der Waals surface area contributed by atoms with Crippen LogP contribution in [0.1, 0.15) is 73.0 Å². The van der Waals surface area contributed by atoms with Crippen molar-refractivity contribution in [3.8, 4) is 0 Å². The minimum atomic E-state index is -0.988. The molecule has 0 saturated carbocycles. The number of aliphatic carboxylic acids is 1. The molecule has 0 fully saturated rings. The van der Waals surface area contributed by atoms with Crippen molar-refractivity contribution in [2.24, 2.45) is 11.3 Å². The number of carboxylic acids is 2. The lowest BCUT2D eigenvalue weighted by Crippen LogP contribution is -2.22. The number of hydrogen-bond acceptors (Lipinski definition) is 2. The van der Waals surface area contributed by atoms with Crippen molar-refractivity contribution in [1.29, 1.82) is 0 Å². The summed E-state index contributed by atoms with van der Waals surface area (Å²) in [4.78, 5) is 22.9. The van der Waals surface area contributed by atoms with E-state index < -0.39 is 17.9 Å². The van der Waals surface area contributed by atoms with Gasteiger partial charge in [0.15, 0.2) is 0 Å². The van der Waals surface area contributed by atoms with Crippen molar-refractivity contribution in [2.75, 3.05) is 0 Å². The molecule has 0 bridgehead atoms. The highest BCUT2D eigenvalue weighted by Crippen LogP contribution is 2.39. The van der Waals surface area contributed by atoms with Gasteiger partial charge in [0.1, 0.15) is 0 Å².